The van der Waals surface area contributed by atoms with Crippen molar-refractivity contribution in [3.63, 3.8) is 0 Å². The number of nitrogens with one attached hydrogen (secondary N) is 1. The third-order valence-electron chi connectivity index (χ3n) is 2.80. The van der Waals surface area contributed by atoms with Gasteiger partial charge in [0, 0.05) is 3.57 Å². The Balaban J connectivity index is 1.84. The number of rotatable bonds is 5. The molecular weight excluding hydrogens is 355 g/mol. The van der Waals surface area contributed by atoms with Crippen LogP contribution in [0.5, 0.6) is 0 Å². The van der Waals surface area contributed by atoms with Gasteiger partial charge in [0.15, 0.2) is 12.3 Å². The van der Waals surface area contributed by atoms with Crippen molar-refractivity contribution in [3.05, 3.63) is 52.0 Å². The summed E-state index contributed by atoms with van der Waals surface area (Å²) in [4.78, 5) is 11.9. The number of furan rings is 1. The summed E-state index contributed by atoms with van der Waals surface area (Å²) in [6.45, 7) is 2.38. The number of carbonyl (C=O) groups is 1. The van der Waals surface area contributed by atoms with Crippen molar-refractivity contribution in [1.82, 2.24) is 0 Å². The summed E-state index contributed by atoms with van der Waals surface area (Å²) in [5.41, 5.74) is 0.854. The molecule has 0 aliphatic carbocycles. The molecule has 0 aliphatic heterocycles. The van der Waals surface area contributed by atoms with Crippen molar-refractivity contribution in [3.8, 4) is 0 Å². The van der Waals surface area contributed by atoms with Gasteiger partial charge in [-0.3, -0.25) is 4.79 Å². The minimum Gasteiger partial charge on any atom is -0.463 e. The molecule has 0 saturated heterocycles. The number of anilines is 1. The maximum Gasteiger partial charge on any atom is 0.279 e. The molecule has 1 aromatic carbocycles. The number of halogens is 1. The lowest BCUT2D eigenvalue weighted by Crippen LogP contribution is -2.86. The van der Waals surface area contributed by atoms with Crippen LogP contribution in [-0.2, 0) is 4.79 Å². The summed E-state index contributed by atoms with van der Waals surface area (Å²) in [7, 11) is 0. The van der Waals surface area contributed by atoms with Gasteiger partial charge in [-0.05, 0) is 53.8 Å². The number of nitrogens with two attached hydrogens (primary N) is 1. The third kappa shape index (κ3) is 4.07. The normalized spacial score (nSPS) is 12.1. The number of carbonyl (C=O) groups excluding carboxylic acids is 1. The zero-order valence-electron chi connectivity index (χ0n) is 10.6. The highest BCUT2D eigenvalue weighted by molar-refractivity contribution is 14.1. The van der Waals surface area contributed by atoms with Gasteiger partial charge < -0.3 is 15.1 Å². The van der Waals surface area contributed by atoms with Crippen LogP contribution in [0.4, 0.5) is 5.69 Å². The predicted octanol–water partition coefficient (Wildman–Crippen LogP) is 2.15. The molecule has 1 aromatic heterocycles. The molecule has 3 N–H and O–H groups in total. The quantitative estimate of drug-likeness (QED) is 0.792. The Hall–Kier alpha value is -1.34. The Labute approximate surface area is 125 Å². The van der Waals surface area contributed by atoms with Crippen molar-refractivity contribution in [2.75, 3.05) is 11.9 Å². The van der Waals surface area contributed by atoms with Crippen LogP contribution < -0.4 is 10.6 Å². The molecule has 0 saturated carbocycles. The zero-order valence-corrected chi connectivity index (χ0v) is 12.8. The molecule has 100 valence electrons. The molecule has 2 rings (SSSR count). The fourth-order valence-electron chi connectivity index (χ4n) is 1.71. The summed E-state index contributed by atoms with van der Waals surface area (Å²) < 4.78 is 6.34. The van der Waals surface area contributed by atoms with E-state index in [4.69, 9.17) is 4.42 Å². The average Bonchev–Trinajstić information content (AvgIpc) is 2.93. The van der Waals surface area contributed by atoms with Gasteiger partial charge in [0.2, 0.25) is 0 Å². The van der Waals surface area contributed by atoms with E-state index in [2.05, 4.69) is 27.9 Å². The minimum atomic E-state index is -0.0116. The number of para-hydroxylation sites is 1. The average molecular weight is 371 g/mol. The Morgan fingerprint density at radius 2 is 2.16 bits per heavy atom. The van der Waals surface area contributed by atoms with E-state index in [1.54, 1.807) is 6.26 Å². The predicted molar refractivity (Wildman–Crippen MR) is 81.7 cm³/mol. The van der Waals surface area contributed by atoms with Gasteiger partial charge in [0.05, 0.1) is 12.0 Å². The molecule has 19 heavy (non-hydrogen) atoms. The number of benzene rings is 1. The Kier molecular flexibility index (Phi) is 4.98. The molecule has 2 aromatic rings. The minimum absolute atomic E-state index is 0.0116. The molecule has 0 aliphatic rings. The van der Waals surface area contributed by atoms with Crippen LogP contribution in [0.1, 0.15) is 18.7 Å². The van der Waals surface area contributed by atoms with Gasteiger partial charge in [-0.2, -0.15) is 0 Å². The van der Waals surface area contributed by atoms with Crippen LogP contribution in [0.25, 0.3) is 0 Å². The summed E-state index contributed by atoms with van der Waals surface area (Å²) in [6, 6.07) is 11.6. The van der Waals surface area contributed by atoms with E-state index in [1.165, 1.54) is 0 Å². The molecule has 0 unspecified atom stereocenters. The molecule has 0 bridgehead atoms. The van der Waals surface area contributed by atoms with E-state index in [1.807, 2.05) is 48.6 Å². The van der Waals surface area contributed by atoms with Crippen LogP contribution in [0.2, 0.25) is 0 Å². The van der Waals surface area contributed by atoms with Crippen molar-refractivity contribution in [1.29, 1.82) is 0 Å². The maximum absolute atomic E-state index is 11.9. The highest BCUT2D eigenvalue weighted by atomic mass is 127. The van der Waals surface area contributed by atoms with E-state index in [-0.39, 0.29) is 11.9 Å². The largest absolute Gasteiger partial charge is 0.463 e. The van der Waals surface area contributed by atoms with Gasteiger partial charge in [-0.15, -0.1) is 0 Å². The fraction of sp³-hybridized carbons (Fsp3) is 0.214. The van der Waals surface area contributed by atoms with Crippen molar-refractivity contribution < 1.29 is 14.5 Å². The molecule has 4 nitrogen and oxygen atoms in total. The molecule has 0 radical (unpaired) electrons. The van der Waals surface area contributed by atoms with Crippen LogP contribution >= 0.6 is 22.6 Å². The van der Waals surface area contributed by atoms with E-state index >= 15 is 0 Å². The van der Waals surface area contributed by atoms with Gasteiger partial charge >= 0.3 is 0 Å². The number of amides is 1. The Morgan fingerprint density at radius 3 is 2.84 bits per heavy atom. The van der Waals surface area contributed by atoms with Gasteiger partial charge in [-0.25, -0.2) is 0 Å². The lowest BCUT2D eigenvalue weighted by molar-refractivity contribution is -0.684. The number of hydrogen-bond donors (Lipinski definition) is 2. The van der Waals surface area contributed by atoms with Gasteiger partial charge in [0.25, 0.3) is 5.91 Å². The van der Waals surface area contributed by atoms with Crippen LogP contribution in [0.3, 0.4) is 0 Å². The summed E-state index contributed by atoms with van der Waals surface area (Å²) in [5, 5.41) is 4.85. The SMILES string of the molecule is C[C@@H]([NH2+]CC(=O)Nc1ccccc1I)c1ccco1. The second-order valence-electron chi connectivity index (χ2n) is 4.27. The van der Waals surface area contributed by atoms with E-state index in [9.17, 15) is 4.79 Å². The van der Waals surface area contributed by atoms with Crippen molar-refractivity contribution in [2.45, 2.75) is 13.0 Å². The Morgan fingerprint density at radius 1 is 1.37 bits per heavy atom. The first-order valence-electron chi connectivity index (χ1n) is 6.08. The first kappa shape index (κ1) is 14.1. The van der Waals surface area contributed by atoms with Crippen LogP contribution in [-0.4, -0.2) is 12.5 Å². The smallest absolute Gasteiger partial charge is 0.279 e. The number of hydrogen-bond acceptors (Lipinski definition) is 2. The molecule has 1 atom stereocenters. The molecule has 5 heteroatoms. The molecule has 1 amide bonds. The van der Waals surface area contributed by atoms with Crippen LogP contribution in [0.15, 0.2) is 47.1 Å². The lowest BCUT2D eigenvalue weighted by Gasteiger charge is -2.09. The molecule has 1 heterocycles. The van der Waals surface area contributed by atoms with Gasteiger partial charge in [0.1, 0.15) is 6.04 Å². The van der Waals surface area contributed by atoms with E-state index in [0.29, 0.717) is 6.54 Å². The van der Waals surface area contributed by atoms with E-state index < -0.39 is 0 Å². The van der Waals surface area contributed by atoms with Crippen molar-refractivity contribution in [2.24, 2.45) is 0 Å². The molecular formula is C14H16IN2O2+. The second-order valence-corrected chi connectivity index (χ2v) is 5.43. The first-order chi connectivity index (χ1) is 9.16. The first-order valence-corrected chi connectivity index (χ1v) is 7.16. The highest BCUT2D eigenvalue weighted by Crippen LogP contribution is 2.16. The fourth-order valence-corrected chi connectivity index (χ4v) is 2.24. The van der Waals surface area contributed by atoms with Crippen LogP contribution in [0, 0.1) is 3.57 Å². The highest BCUT2D eigenvalue weighted by Gasteiger charge is 2.14. The summed E-state index contributed by atoms with van der Waals surface area (Å²) in [5.74, 6) is 0.865. The Bertz CT molecular complexity index is 540. The zero-order chi connectivity index (χ0) is 13.7. The third-order valence-corrected chi connectivity index (χ3v) is 3.74. The standard InChI is InChI=1S/C14H15IN2O2/c1-10(13-7-4-8-19-13)16-9-14(18)17-12-6-3-2-5-11(12)15/h2-8,10,16H,9H2,1H3,(H,17,18)/p+1/t10-/m1/s1. The molecule has 0 fully saturated rings. The summed E-state index contributed by atoms with van der Waals surface area (Å²) in [6.07, 6.45) is 1.64. The number of quaternary nitrogens is 1. The van der Waals surface area contributed by atoms with Gasteiger partial charge in [-0.1, -0.05) is 12.1 Å². The van der Waals surface area contributed by atoms with Crippen molar-refractivity contribution >= 4 is 34.2 Å². The second kappa shape index (κ2) is 6.72. The summed E-state index contributed by atoms with van der Waals surface area (Å²) >= 11 is 2.20. The lowest BCUT2D eigenvalue weighted by atomic mass is 10.2. The van der Waals surface area contributed by atoms with E-state index in [0.717, 1.165) is 15.0 Å². The molecule has 0 spiro atoms. The maximum atomic E-state index is 11.9. The topological polar surface area (TPSA) is 58.9 Å². The monoisotopic (exact) mass is 371 g/mol.